The first-order valence-corrected chi connectivity index (χ1v) is 11.6. The number of nitrogens with one attached hydrogen (secondary N) is 1. The maximum Gasteiger partial charge on any atom is 0.334 e. The summed E-state index contributed by atoms with van der Waals surface area (Å²) < 4.78 is 0. The summed E-state index contributed by atoms with van der Waals surface area (Å²) >= 11 is 1.43. The zero-order chi connectivity index (χ0) is 24.5. The highest BCUT2D eigenvalue weighted by atomic mass is 32.2. The Morgan fingerprint density at radius 2 is 1.73 bits per heavy atom. The molecule has 1 amide bonds. The Kier molecular flexibility index (Phi) is 9.86. The molecule has 1 aromatic rings. The van der Waals surface area contributed by atoms with Gasteiger partial charge in [0, 0.05) is 30.0 Å². The van der Waals surface area contributed by atoms with Crippen LogP contribution in [0, 0.1) is 17.2 Å². The number of carboxylic acids is 2. The largest absolute Gasteiger partial charge is 0.481 e. The van der Waals surface area contributed by atoms with Gasteiger partial charge < -0.3 is 20.0 Å². The van der Waals surface area contributed by atoms with Gasteiger partial charge in [-0.3, -0.25) is 19.8 Å². The van der Waals surface area contributed by atoms with Crippen molar-refractivity contribution in [3.05, 3.63) is 29.3 Å². The van der Waals surface area contributed by atoms with Gasteiger partial charge in [0.1, 0.15) is 0 Å². The molecule has 0 radical (unpaired) electrons. The summed E-state index contributed by atoms with van der Waals surface area (Å²) in [6.07, 6.45) is 4.33. The molecular formula is C22H28N2O8S. The van der Waals surface area contributed by atoms with Gasteiger partial charge in [-0.25, -0.2) is 4.79 Å². The predicted molar refractivity (Wildman–Crippen MR) is 121 cm³/mol. The van der Waals surface area contributed by atoms with E-state index in [1.165, 1.54) is 34.9 Å². The van der Waals surface area contributed by atoms with E-state index in [-0.39, 0.29) is 46.9 Å². The van der Waals surface area contributed by atoms with Crippen molar-refractivity contribution in [2.45, 2.75) is 32.1 Å². The number of Topliss-reactive ketones (excluding diaryl/α,β-unsaturated/α-hetero) is 1. The van der Waals surface area contributed by atoms with Gasteiger partial charge in [-0.15, -0.1) is 11.8 Å². The van der Waals surface area contributed by atoms with Crippen molar-refractivity contribution < 1.29 is 39.2 Å². The van der Waals surface area contributed by atoms with Crippen LogP contribution in [-0.4, -0.2) is 70.2 Å². The predicted octanol–water partition coefficient (Wildman–Crippen LogP) is 2.50. The number of ketones is 1. The van der Waals surface area contributed by atoms with E-state index in [9.17, 15) is 19.2 Å². The quantitative estimate of drug-likeness (QED) is 0.142. The van der Waals surface area contributed by atoms with Gasteiger partial charge >= 0.3 is 11.9 Å². The van der Waals surface area contributed by atoms with Crippen molar-refractivity contribution in [2.75, 3.05) is 26.5 Å². The minimum absolute atomic E-state index is 0.00722. The third-order valence-electron chi connectivity index (χ3n) is 5.48. The Morgan fingerprint density at radius 3 is 2.30 bits per heavy atom. The zero-order valence-electron chi connectivity index (χ0n) is 18.5. The lowest BCUT2D eigenvalue weighted by Crippen LogP contribution is -2.38. The Bertz CT molecular complexity index is 912. The smallest absolute Gasteiger partial charge is 0.334 e. The number of rotatable bonds is 11. The lowest BCUT2D eigenvalue weighted by atomic mass is 9.82. The molecule has 1 aromatic carbocycles. The summed E-state index contributed by atoms with van der Waals surface area (Å²) in [5, 5.41) is 26.3. The highest BCUT2D eigenvalue weighted by molar-refractivity contribution is 8.13. The summed E-state index contributed by atoms with van der Waals surface area (Å²) in [7, 11) is 1.56. The van der Waals surface area contributed by atoms with Crippen molar-refractivity contribution in [3.63, 3.8) is 0 Å². The number of carbonyl (C=O) groups excluding carboxylic acids is 2. The van der Waals surface area contributed by atoms with E-state index in [2.05, 4.69) is 4.89 Å². The molecular weight excluding hydrogens is 452 g/mol. The average Bonchev–Trinajstić information content (AvgIpc) is 2.78. The fraction of sp³-hybridized carbons (Fsp3) is 0.500. The first-order chi connectivity index (χ1) is 15.6. The summed E-state index contributed by atoms with van der Waals surface area (Å²) in [6, 6.07) is 4.08. The molecule has 0 saturated heterocycles. The topological polar surface area (TPSA) is 154 Å². The summed E-state index contributed by atoms with van der Waals surface area (Å²) in [5.41, 5.74) is 0.343. The number of amides is 1. The number of benzene rings is 1. The Labute approximate surface area is 195 Å². The van der Waals surface area contributed by atoms with E-state index in [4.69, 9.17) is 20.5 Å². The number of likely N-dealkylation sites (N-methyl/N-ethyl adjacent to an activating group) is 1. The summed E-state index contributed by atoms with van der Waals surface area (Å²) in [6.45, 7) is -0.901. The molecule has 0 aromatic heterocycles. The molecule has 33 heavy (non-hydrogen) atoms. The zero-order valence-corrected chi connectivity index (χ0v) is 19.4. The maximum absolute atomic E-state index is 12.8. The second-order valence-corrected chi connectivity index (χ2v) is 8.71. The Hall–Kier alpha value is -2.92. The molecule has 0 bridgehead atoms. The molecule has 3 N–H and O–H groups in total. The molecule has 1 aliphatic rings. The lowest BCUT2D eigenvalue weighted by Gasteiger charge is -2.30. The van der Waals surface area contributed by atoms with Gasteiger partial charge in [0.05, 0.1) is 18.0 Å². The number of thioether (sulfide) groups is 1. The van der Waals surface area contributed by atoms with Crippen LogP contribution in [0.5, 0.6) is 5.75 Å². The SMILES string of the molecule is CSC(=N)C1CCC(C(=O)N(C)CC(=O)c2ccc(OOCC(=O)O)c(CC(=O)O)c2)CC1. The monoisotopic (exact) mass is 480 g/mol. The first kappa shape index (κ1) is 26.3. The van der Waals surface area contributed by atoms with E-state index in [0.29, 0.717) is 17.9 Å². The molecule has 1 fully saturated rings. The molecule has 0 atom stereocenters. The molecule has 11 heteroatoms. The summed E-state index contributed by atoms with van der Waals surface area (Å²) in [4.78, 5) is 58.1. The van der Waals surface area contributed by atoms with Crippen LogP contribution in [0.25, 0.3) is 0 Å². The van der Waals surface area contributed by atoms with Crippen molar-refractivity contribution in [2.24, 2.45) is 11.8 Å². The van der Waals surface area contributed by atoms with Crippen LogP contribution >= 0.6 is 11.8 Å². The molecule has 1 aliphatic carbocycles. The van der Waals surface area contributed by atoms with E-state index >= 15 is 0 Å². The Morgan fingerprint density at radius 1 is 1.09 bits per heavy atom. The number of hydrogen-bond acceptors (Lipinski definition) is 8. The van der Waals surface area contributed by atoms with Crippen molar-refractivity contribution in [3.8, 4) is 5.75 Å². The Balaban J connectivity index is 2.01. The second-order valence-electron chi connectivity index (χ2n) is 7.87. The van der Waals surface area contributed by atoms with Crippen molar-refractivity contribution in [1.29, 1.82) is 5.41 Å². The standard InChI is InChI=1S/C22H28N2O8S/c1-24(22(30)14-5-3-13(4-6-14)21(23)33-2)11-17(25)15-7-8-18(32-31-12-20(28)29)16(9-15)10-19(26)27/h7-9,13-14,23H,3-6,10-12H2,1-2H3,(H,26,27)(H,28,29). The number of aliphatic carboxylic acids is 2. The van der Waals surface area contributed by atoms with Crippen molar-refractivity contribution in [1.82, 2.24) is 4.90 Å². The third-order valence-corrected chi connectivity index (χ3v) is 6.25. The summed E-state index contributed by atoms with van der Waals surface area (Å²) in [5.74, 6) is -2.90. The van der Waals surface area contributed by atoms with Gasteiger partial charge in [0.15, 0.2) is 18.1 Å². The normalized spacial score (nSPS) is 17.8. The maximum atomic E-state index is 12.8. The number of carbonyl (C=O) groups is 4. The van der Waals surface area contributed by atoms with Gasteiger partial charge in [0.2, 0.25) is 5.91 Å². The minimum atomic E-state index is -1.26. The van der Waals surface area contributed by atoms with Crippen LogP contribution in [0.1, 0.15) is 41.6 Å². The second kappa shape index (κ2) is 12.4. The van der Waals surface area contributed by atoms with E-state index in [1.807, 2.05) is 6.26 Å². The number of carboxylic acid groups (broad SMARTS) is 2. The molecule has 1 saturated carbocycles. The molecule has 0 spiro atoms. The average molecular weight is 481 g/mol. The van der Waals surface area contributed by atoms with E-state index in [1.54, 1.807) is 7.05 Å². The van der Waals surface area contributed by atoms with E-state index in [0.717, 1.165) is 12.8 Å². The number of hydrogen-bond donors (Lipinski definition) is 3. The van der Waals surface area contributed by atoms with Crippen LogP contribution in [0.4, 0.5) is 0 Å². The molecule has 180 valence electrons. The molecule has 0 unspecified atom stereocenters. The lowest BCUT2D eigenvalue weighted by molar-refractivity contribution is -0.214. The molecule has 10 nitrogen and oxygen atoms in total. The highest BCUT2D eigenvalue weighted by Gasteiger charge is 2.30. The number of nitrogens with zero attached hydrogens (tertiary/aromatic N) is 1. The first-order valence-electron chi connectivity index (χ1n) is 10.4. The van der Waals surface area contributed by atoms with Gasteiger partial charge in [-0.2, -0.15) is 4.89 Å². The van der Waals surface area contributed by atoms with Gasteiger partial charge in [-0.05, 0) is 50.1 Å². The van der Waals surface area contributed by atoms with Crippen LogP contribution in [0.15, 0.2) is 18.2 Å². The van der Waals surface area contributed by atoms with Crippen LogP contribution < -0.4 is 4.89 Å². The fourth-order valence-electron chi connectivity index (χ4n) is 3.74. The minimum Gasteiger partial charge on any atom is -0.481 e. The van der Waals surface area contributed by atoms with Crippen LogP contribution in [0.3, 0.4) is 0 Å². The fourth-order valence-corrected chi connectivity index (χ4v) is 4.31. The molecule has 0 aliphatic heterocycles. The van der Waals surface area contributed by atoms with Crippen molar-refractivity contribution >= 4 is 40.4 Å². The van der Waals surface area contributed by atoms with Crippen LogP contribution in [0.2, 0.25) is 0 Å². The van der Waals surface area contributed by atoms with Crippen LogP contribution in [-0.2, 0) is 25.7 Å². The van der Waals surface area contributed by atoms with Gasteiger partial charge in [-0.1, -0.05) is 0 Å². The van der Waals surface area contributed by atoms with Gasteiger partial charge in [0.25, 0.3) is 0 Å². The van der Waals surface area contributed by atoms with E-state index < -0.39 is 25.0 Å². The molecule has 2 rings (SSSR count). The molecule has 0 heterocycles. The highest BCUT2D eigenvalue weighted by Crippen LogP contribution is 2.32. The third kappa shape index (κ3) is 7.86.